The number of hydrogen-bond donors (Lipinski definition) is 1. The first-order valence-electron chi connectivity index (χ1n) is 8.40. The van der Waals surface area contributed by atoms with Crippen LogP contribution in [0, 0.1) is 6.92 Å². The molecular weight excluding hydrogens is 314 g/mol. The number of benzene rings is 2. The first-order valence-corrected chi connectivity index (χ1v) is 8.40. The lowest BCUT2D eigenvalue weighted by Crippen LogP contribution is -2.25. The molecule has 0 aliphatic carbocycles. The highest BCUT2D eigenvalue weighted by molar-refractivity contribution is 5.92. The van der Waals surface area contributed by atoms with Crippen LogP contribution in [0.5, 0.6) is 11.5 Å². The molecule has 1 unspecified atom stereocenters. The van der Waals surface area contributed by atoms with Crippen molar-refractivity contribution in [3.05, 3.63) is 65.2 Å². The maximum Gasteiger partial charge on any atom is 0.244 e. The van der Waals surface area contributed by atoms with Gasteiger partial charge in [0.25, 0.3) is 0 Å². The van der Waals surface area contributed by atoms with E-state index in [0.717, 1.165) is 16.7 Å². The van der Waals surface area contributed by atoms with Gasteiger partial charge in [-0.3, -0.25) is 4.79 Å². The molecule has 4 heteroatoms. The van der Waals surface area contributed by atoms with E-state index >= 15 is 0 Å². The fourth-order valence-electron chi connectivity index (χ4n) is 2.65. The van der Waals surface area contributed by atoms with Crippen molar-refractivity contribution < 1.29 is 14.3 Å². The van der Waals surface area contributed by atoms with Crippen molar-refractivity contribution in [2.24, 2.45) is 0 Å². The Hall–Kier alpha value is -2.75. The van der Waals surface area contributed by atoms with Crippen LogP contribution in [0.3, 0.4) is 0 Å². The highest BCUT2D eigenvalue weighted by Crippen LogP contribution is 2.28. The molecule has 2 aromatic carbocycles. The summed E-state index contributed by atoms with van der Waals surface area (Å²) in [4.78, 5) is 12.2. The minimum Gasteiger partial charge on any atom is -0.493 e. The number of carbonyl (C=O) groups is 1. The summed E-state index contributed by atoms with van der Waals surface area (Å²) in [5.74, 6) is 1.21. The summed E-state index contributed by atoms with van der Waals surface area (Å²) >= 11 is 0. The Morgan fingerprint density at radius 1 is 1.20 bits per heavy atom. The summed E-state index contributed by atoms with van der Waals surface area (Å²) in [6, 6.07) is 13.6. The van der Waals surface area contributed by atoms with E-state index in [9.17, 15) is 4.79 Å². The predicted octanol–water partition coefficient (Wildman–Crippen LogP) is 4.29. The summed E-state index contributed by atoms with van der Waals surface area (Å²) < 4.78 is 10.8. The lowest BCUT2D eigenvalue weighted by Gasteiger charge is -2.15. The van der Waals surface area contributed by atoms with Crippen molar-refractivity contribution in [2.75, 3.05) is 13.7 Å². The van der Waals surface area contributed by atoms with Crippen molar-refractivity contribution in [3.63, 3.8) is 0 Å². The molecule has 2 rings (SSSR count). The maximum absolute atomic E-state index is 12.2. The molecule has 132 valence electrons. The van der Waals surface area contributed by atoms with Gasteiger partial charge in [-0.05, 0) is 55.7 Å². The van der Waals surface area contributed by atoms with E-state index in [0.29, 0.717) is 18.1 Å². The molecular formula is C21H25NO3. The standard InChI is InChI=1S/C21H25NO3/c1-5-25-19-12-10-17(14-20(19)24-4)11-13-21(23)22-16(3)18-9-7-6-8-15(18)2/h6-14,16H,5H2,1-4H3,(H,22,23)/b13-11+. The highest BCUT2D eigenvalue weighted by Gasteiger charge is 2.09. The molecule has 1 amide bonds. The van der Waals surface area contributed by atoms with Gasteiger partial charge >= 0.3 is 0 Å². The van der Waals surface area contributed by atoms with E-state index in [1.165, 1.54) is 6.08 Å². The van der Waals surface area contributed by atoms with Crippen molar-refractivity contribution in [3.8, 4) is 11.5 Å². The van der Waals surface area contributed by atoms with Gasteiger partial charge in [-0.2, -0.15) is 0 Å². The van der Waals surface area contributed by atoms with Gasteiger partial charge < -0.3 is 14.8 Å². The highest BCUT2D eigenvalue weighted by atomic mass is 16.5. The van der Waals surface area contributed by atoms with Crippen molar-refractivity contribution in [2.45, 2.75) is 26.8 Å². The SMILES string of the molecule is CCOc1ccc(/C=C/C(=O)NC(C)c2ccccc2C)cc1OC. The van der Waals surface area contributed by atoms with Gasteiger partial charge in [-0.25, -0.2) is 0 Å². The van der Waals surface area contributed by atoms with Gasteiger partial charge in [-0.15, -0.1) is 0 Å². The summed E-state index contributed by atoms with van der Waals surface area (Å²) in [6.07, 6.45) is 3.29. The third kappa shape index (κ3) is 5.11. The summed E-state index contributed by atoms with van der Waals surface area (Å²) in [5, 5.41) is 2.99. The van der Waals surface area contributed by atoms with Gasteiger partial charge in [0.1, 0.15) is 0 Å². The monoisotopic (exact) mass is 339 g/mol. The quantitative estimate of drug-likeness (QED) is 0.765. The van der Waals surface area contributed by atoms with E-state index in [2.05, 4.69) is 5.32 Å². The van der Waals surface area contributed by atoms with Crippen molar-refractivity contribution in [1.29, 1.82) is 0 Å². The number of ether oxygens (including phenoxy) is 2. The van der Waals surface area contributed by atoms with E-state index in [4.69, 9.17) is 9.47 Å². The Balaban J connectivity index is 2.03. The molecule has 2 aromatic rings. The number of hydrogen-bond acceptors (Lipinski definition) is 3. The summed E-state index contributed by atoms with van der Waals surface area (Å²) in [5.41, 5.74) is 3.15. The van der Waals surface area contributed by atoms with Crippen LogP contribution >= 0.6 is 0 Å². The second-order valence-corrected chi connectivity index (χ2v) is 5.76. The Kier molecular flexibility index (Phi) is 6.63. The molecule has 0 aliphatic rings. The van der Waals surface area contributed by atoms with E-state index in [-0.39, 0.29) is 11.9 Å². The van der Waals surface area contributed by atoms with Crippen LogP contribution in [-0.4, -0.2) is 19.6 Å². The normalized spacial score (nSPS) is 12.0. The third-order valence-corrected chi connectivity index (χ3v) is 3.93. The first-order chi connectivity index (χ1) is 12.0. The lowest BCUT2D eigenvalue weighted by molar-refractivity contribution is -0.117. The number of carbonyl (C=O) groups excluding carboxylic acids is 1. The number of aryl methyl sites for hydroxylation is 1. The number of nitrogens with one attached hydrogen (secondary N) is 1. The predicted molar refractivity (Wildman–Crippen MR) is 101 cm³/mol. The van der Waals surface area contributed by atoms with E-state index in [1.54, 1.807) is 13.2 Å². The second kappa shape index (κ2) is 8.92. The zero-order valence-corrected chi connectivity index (χ0v) is 15.2. The molecule has 0 aliphatic heterocycles. The van der Waals surface area contributed by atoms with E-state index in [1.807, 2.05) is 63.2 Å². The summed E-state index contributed by atoms with van der Waals surface area (Å²) in [7, 11) is 1.60. The molecule has 0 saturated carbocycles. The van der Waals surface area contributed by atoms with Gasteiger partial charge in [-0.1, -0.05) is 30.3 Å². The van der Waals surface area contributed by atoms with Crippen LogP contribution in [-0.2, 0) is 4.79 Å². The Bertz CT molecular complexity index is 753. The van der Waals surface area contributed by atoms with Crippen molar-refractivity contribution >= 4 is 12.0 Å². The third-order valence-electron chi connectivity index (χ3n) is 3.93. The van der Waals surface area contributed by atoms with Crippen LogP contribution in [0.15, 0.2) is 48.5 Å². The number of rotatable bonds is 7. The molecule has 0 bridgehead atoms. The zero-order chi connectivity index (χ0) is 18.2. The summed E-state index contributed by atoms with van der Waals surface area (Å²) in [6.45, 7) is 6.52. The van der Waals surface area contributed by atoms with Crippen LogP contribution in [0.2, 0.25) is 0 Å². The fourth-order valence-corrected chi connectivity index (χ4v) is 2.65. The minimum atomic E-state index is -0.136. The second-order valence-electron chi connectivity index (χ2n) is 5.76. The molecule has 0 fully saturated rings. The van der Waals surface area contributed by atoms with Gasteiger partial charge in [0, 0.05) is 6.08 Å². The lowest BCUT2D eigenvalue weighted by atomic mass is 10.0. The Labute approximate surface area is 149 Å². The van der Waals surface area contributed by atoms with Gasteiger partial charge in [0.2, 0.25) is 5.91 Å². The molecule has 0 radical (unpaired) electrons. The molecule has 4 nitrogen and oxygen atoms in total. The maximum atomic E-state index is 12.2. The first kappa shape index (κ1) is 18.6. The van der Waals surface area contributed by atoms with Gasteiger partial charge in [0.05, 0.1) is 19.8 Å². The number of methoxy groups -OCH3 is 1. The molecule has 0 spiro atoms. The molecule has 25 heavy (non-hydrogen) atoms. The average molecular weight is 339 g/mol. The molecule has 0 saturated heterocycles. The smallest absolute Gasteiger partial charge is 0.244 e. The van der Waals surface area contributed by atoms with E-state index < -0.39 is 0 Å². The fraction of sp³-hybridized carbons (Fsp3) is 0.286. The topological polar surface area (TPSA) is 47.6 Å². The Morgan fingerprint density at radius 3 is 2.64 bits per heavy atom. The zero-order valence-electron chi connectivity index (χ0n) is 15.2. The number of amides is 1. The van der Waals surface area contributed by atoms with Crippen LogP contribution < -0.4 is 14.8 Å². The Morgan fingerprint density at radius 2 is 1.96 bits per heavy atom. The molecule has 1 atom stereocenters. The van der Waals surface area contributed by atoms with Crippen LogP contribution in [0.25, 0.3) is 6.08 Å². The van der Waals surface area contributed by atoms with Crippen molar-refractivity contribution in [1.82, 2.24) is 5.32 Å². The van der Waals surface area contributed by atoms with Crippen LogP contribution in [0.1, 0.15) is 36.6 Å². The molecule has 1 N–H and O–H groups in total. The van der Waals surface area contributed by atoms with Gasteiger partial charge in [0.15, 0.2) is 11.5 Å². The molecule has 0 heterocycles. The van der Waals surface area contributed by atoms with Crippen LogP contribution in [0.4, 0.5) is 0 Å². The average Bonchev–Trinajstić information content (AvgIpc) is 2.61. The molecule has 0 aromatic heterocycles. The largest absolute Gasteiger partial charge is 0.493 e. The minimum absolute atomic E-state index is 0.0479.